The van der Waals surface area contributed by atoms with Crippen molar-refractivity contribution in [3.63, 3.8) is 0 Å². The fourth-order valence-electron chi connectivity index (χ4n) is 5.14. The second-order valence-electron chi connectivity index (χ2n) is 9.35. The molecule has 2 unspecified atom stereocenters. The fraction of sp³-hybridized carbons (Fsp3) is 0.444. The highest BCUT2D eigenvalue weighted by Gasteiger charge is 2.30. The van der Waals surface area contributed by atoms with Gasteiger partial charge in [-0.05, 0) is 47.4 Å². The Kier molecular flexibility index (Phi) is 7.50. The molecule has 0 aromatic heterocycles. The molecular weight excluding hydrogens is 432 g/mol. The van der Waals surface area contributed by atoms with Gasteiger partial charge in [0.2, 0.25) is 5.91 Å². The van der Waals surface area contributed by atoms with E-state index >= 15 is 0 Å². The van der Waals surface area contributed by atoms with Crippen molar-refractivity contribution < 1.29 is 24.2 Å². The van der Waals surface area contributed by atoms with Crippen LogP contribution in [0.15, 0.2) is 48.5 Å². The summed E-state index contributed by atoms with van der Waals surface area (Å²) < 4.78 is 5.56. The number of carbonyl (C=O) groups excluding carboxylic acids is 2. The van der Waals surface area contributed by atoms with Crippen LogP contribution in [-0.2, 0) is 14.3 Å². The molecule has 7 heteroatoms. The Bertz CT molecular complexity index is 1010. The summed E-state index contributed by atoms with van der Waals surface area (Å²) in [5.41, 5.74) is 4.68. The molecule has 1 aliphatic heterocycles. The number of piperidine rings is 1. The van der Waals surface area contributed by atoms with Crippen molar-refractivity contribution in [2.45, 2.75) is 51.0 Å². The van der Waals surface area contributed by atoms with Gasteiger partial charge in [0, 0.05) is 31.5 Å². The zero-order chi connectivity index (χ0) is 24.1. The van der Waals surface area contributed by atoms with E-state index in [0.717, 1.165) is 30.4 Å². The summed E-state index contributed by atoms with van der Waals surface area (Å²) in [4.78, 5) is 38.0. The Hall–Kier alpha value is -3.35. The first-order chi connectivity index (χ1) is 16.4. The molecular formula is C27H32N2O5. The van der Waals surface area contributed by atoms with Crippen LogP contribution in [0.25, 0.3) is 11.1 Å². The molecule has 1 saturated heterocycles. The smallest absolute Gasteiger partial charge is 0.407 e. The van der Waals surface area contributed by atoms with E-state index in [0.29, 0.717) is 13.1 Å². The van der Waals surface area contributed by atoms with Crippen LogP contribution in [0.2, 0.25) is 0 Å². The minimum atomic E-state index is -0.880. The highest BCUT2D eigenvalue weighted by atomic mass is 16.5. The SMILES string of the molecule is CC(CNC(=O)OCC1c2ccccc2-c2ccccc21)CC(=O)N1CCCCC1CC(=O)O. The molecule has 1 fully saturated rings. The molecule has 1 aliphatic carbocycles. The Morgan fingerprint density at radius 1 is 1.06 bits per heavy atom. The van der Waals surface area contributed by atoms with Gasteiger partial charge in [0.05, 0.1) is 6.42 Å². The van der Waals surface area contributed by atoms with Gasteiger partial charge in [0.15, 0.2) is 0 Å². The number of aliphatic carboxylic acids is 1. The maximum absolute atomic E-state index is 12.8. The Balaban J connectivity index is 1.26. The summed E-state index contributed by atoms with van der Waals surface area (Å²) in [6.45, 7) is 3.07. The molecule has 2 amide bonds. The number of rotatable bonds is 8. The average Bonchev–Trinajstić information content (AvgIpc) is 3.15. The summed E-state index contributed by atoms with van der Waals surface area (Å²) in [6.07, 6.45) is 2.32. The maximum atomic E-state index is 12.8. The molecule has 2 N–H and O–H groups in total. The number of likely N-dealkylation sites (tertiary alicyclic amines) is 1. The third kappa shape index (κ3) is 5.41. The van der Waals surface area contributed by atoms with Gasteiger partial charge < -0.3 is 20.1 Å². The summed E-state index contributed by atoms with van der Waals surface area (Å²) in [5.74, 6) is -1.01. The Morgan fingerprint density at radius 3 is 2.35 bits per heavy atom. The predicted octanol–water partition coefficient (Wildman–Crippen LogP) is 4.41. The number of amides is 2. The second kappa shape index (κ2) is 10.7. The lowest BCUT2D eigenvalue weighted by Crippen LogP contribution is -2.45. The zero-order valence-corrected chi connectivity index (χ0v) is 19.5. The van der Waals surface area contributed by atoms with Crippen LogP contribution in [-0.4, -0.2) is 53.7 Å². The summed E-state index contributed by atoms with van der Waals surface area (Å²) in [7, 11) is 0. The highest BCUT2D eigenvalue weighted by molar-refractivity contribution is 5.79. The van der Waals surface area contributed by atoms with Crippen LogP contribution in [0.5, 0.6) is 0 Å². The Labute approximate surface area is 200 Å². The van der Waals surface area contributed by atoms with E-state index < -0.39 is 12.1 Å². The van der Waals surface area contributed by atoms with E-state index in [9.17, 15) is 14.4 Å². The van der Waals surface area contributed by atoms with E-state index in [1.165, 1.54) is 11.1 Å². The number of ether oxygens (including phenoxy) is 1. The number of carboxylic acid groups (broad SMARTS) is 1. The van der Waals surface area contributed by atoms with Crippen LogP contribution in [0.3, 0.4) is 0 Å². The van der Waals surface area contributed by atoms with Crippen molar-refractivity contribution in [2.75, 3.05) is 19.7 Å². The number of nitrogens with zero attached hydrogens (tertiary/aromatic N) is 1. The molecule has 34 heavy (non-hydrogen) atoms. The number of carbonyl (C=O) groups is 3. The summed E-state index contributed by atoms with van der Waals surface area (Å²) in [5, 5.41) is 11.9. The molecule has 2 aromatic rings. The van der Waals surface area contributed by atoms with Gasteiger partial charge in [-0.25, -0.2) is 4.79 Å². The Morgan fingerprint density at radius 2 is 1.71 bits per heavy atom. The van der Waals surface area contributed by atoms with Gasteiger partial charge >= 0.3 is 12.1 Å². The number of carboxylic acids is 1. The van der Waals surface area contributed by atoms with Crippen LogP contribution >= 0.6 is 0 Å². The van der Waals surface area contributed by atoms with Crippen LogP contribution < -0.4 is 5.32 Å². The van der Waals surface area contributed by atoms with Crippen molar-refractivity contribution in [1.82, 2.24) is 10.2 Å². The number of nitrogens with one attached hydrogen (secondary N) is 1. The normalized spacial score (nSPS) is 18.0. The summed E-state index contributed by atoms with van der Waals surface area (Å²) >= 11 is 0. The highest BCUT2D eigenvalue weighted by Crippen LogP contribution is 2.44. The van der Waals surface area contributed by atoms with E-state index in [1.54, 1.807) is 4.90 Å². The van der Waals surface area contributed by atoms with Gasteiger partial charge in [0.1, 0.15) is 6.61 Å². The van der Waals surface area contributed by atoms with Crippen LogP contribution in [0, 0.1) is 5.92 Å². The minimum Gasteiger partial charge on any atom is -0.481 e. The molecule has 0 radical (unpaired) electrons. The number of hydrogen-bond donors (Lipinski definition) is 2. The molecule has 180 valence electrons. The zero-order valence-electron chi connectivity index (χ0n) is 19.5. The molecule has 2 aromatic carbocycles. The lowest BCUT2D eigenvalue weighted by molar-refractivity contribution is -0.142. The lowest BCUT2D eigenvalue weighted by atomic mass is 9.97. The van der Waals surface area contributed by atoms with Crippen molar-refractivity contribution in [3.8, 4) is 11.1 Å². The van der Waals surface area contributed by atoms with Crippen LogP contribution in [0.4, 0.5) is 4.79 Å². The van der Waals surface area contributed by atoms with Gasteiger partial charge in [0.25, 0.3) is 0 Å². The molecule has 7 nitrogen and oxygen atoms in total. The van der Waals surface area contributed by atoms with Gasteiger partial charge in [-0.1, -0.05) is 55.5 Å². The van der Waals surface area contributed by atoms with Gasteiger partial charge in [-0.3, -0.25) is 9.59 Å². The number of alkyl carbamates (subject to hydrolysis) is 1. The van der Waals surface area contributed by atoms with Gasteiger partial charge in [-0.15, -0.1) is 0 Å². The molecule has 2 atom stereocenters. The monoisotopic (exact) mass is 464 g/mol. The van der Waals surface area contributed by atoms with E-state index in [-0.39, 0.29) is 43.2 Å². The molecule has 0 spiro atoms. The van der Waals surface area contributed by atoms with Crippen molar-refractivity contribution in [3.05, 3.63) is 59.7 Å². The number of hydrogen-bond acceptors (Lipinski definition) is 4. The van der Waals surface area contributed by atoms with Gasteiger partial charge in [-0.2, -0.15) is 0 Å². The van der Waals surface area contributed by atoms with Crippen LogP contribution in [0.1, 0.15) is 56.1 Å². The summed E-state index contributed by atoms with van der Waals surface area (Å²) in [6, 6.07) is 16.1. The third-order valence-corrected chi connectivity index (χ3v) is 6.82. The van der Waals surface area contributed by atoms with E-state index in [2.05, 4.69) is 29.6 Å². The number of benzene rings is 2. The largest absolute Gasteiger partial charge is 0.481 e. The predicted molar refractivity (Wildman–Crippen MR) is 128 cm³/mol. The molecule has 2 aliphatic rings. The quantitative estimate of drug-likeness (QED) is 0.603. The fourth-order valence-corrected chi connectivity index (χ4v) is 5.14. The average molecular weight is 465 g/mol. The van der Waals surface area contributed by atoms with E-state index in [1.807, 2.05) is 31.2 Å². The molecule has 0 saturated carbocycles. The van der Waals surface area contributed by atoms with Crippen molar-refractivity contribution >= 4 is 18.0 Å². The molecule has 0 bridgehead atoms. The first-order valence-corrected chi connectivity index (χ1v) is 12.0. The lowest BCUT2D eigenvalue weighted by Gasteiger charge is -2.35. The molecule has 1 heterocycles. The second-order valence-corrected chi connectivity index (χ2v) is 9.35. The third-order valence-electron chi connectivity index (χ3n) is 6.82. The topological polar surface area (TPSA) is 95.9 Å². The van der Waals surface area contributed by atoms with Crippen molar-refractivity contribution in [1.29, 1.82) is 0 Å². The van der Waals surface area contributed by atoms with Crippen molar-refractivity contribution in [2.24, 2.45) is 5.92 Å². The first kappa shape index (κ1) is 23.8. The van der Waals surface area contributed by atoms with E-state index in [4.69, 9.17) is 9.84 Å². The number of fused-ring (bicyclic) bond motifs is 3. The standard InChI is InChI=1S/C27H32N2O5/c1-18(14-25(30)29-13-7-6-8-19(29)15-26(31)32)16-28-27(33)34-17-24-22-11-4-2-9-20(22)21-10-3-5-12-23(21)24/h2-5,9-12,18-19,24H,6-8,13-17H2,1H3,(H,28,33)(H,31,32). The minimum absolute atomic E-state index is 0.00224. The first-order valence-electron chi connectivity index (χ1n) is 12.0. The maximum Gasteiger partial charge on any atom is 0.407 e. The molecule has 4 rings (SSSR count).